The fourth-order valence-electron chi connectivity index (χ4n) is 0.767. The Balaban J connectivity index is 2.85. The number of benzene rings is 1. The minimum Gasteiger partial charge on any atom is -0.376 e. The van der Waals surface area contributed by atoms with E-state index in [1.165, 1.54) is 19.1 Å². The molecule has 78 valence electrons. The predicted octanol–water partition coefficient (Wildman–Crippen LogP) is 1.42. The molecule has 0 saturated carbocycles. The number of halogens is 1. The number of sulfonamides is 1. The van der Waals surface area contributed by atoms with Gasteiger partial charge in [-0.3, -0.25) is 4.72 Å². The smallest absolute Gasteiger partial charge is 0.259 e. The Labute approximate surface area is 87.6 Å². The Morgan fingerprint density at radius 3 is 2.29 bits per heavy atom. The van der Waals surface area contributed by atoms with Crippen molar-refractivity contribution in [2.45, 2.75) is 12.4 Å². The quantitative estimate of drug-likeness (QED) is 0.833. The molecule has 0 heterocycles. The van der Waals surface area contributed by atoms with Gasteiger partial charge in [-0.1, -0.05) is 11.6 Å². The van der Waals surface area contributed by atoms with Gasteiger partial charge in [0, 0.05) is 10.7 Å². The molecular formula is C8H10ClNO3S. The van der Waals surface area contributed by atoms with E-state index in [0.29, 0.717) is 10.7 Å². The van der Waals surface area contributed by atoms with Gasteiger partial charge in [-0.2, -0.15) is 0 Å². The Kier molecular flexibility index (Phi) is 3.36. The zero-order valence-electron chi connectivity index (χ0n) is 7.44. The van der Waals surface area contributed by atoms with E-state index in [4.69, 9.17) is 16.7 Å². The van der Waals surface area contributed by atoms with E-state index < -0.39 is 15.5 Å². The van der Waals surface area contributed by atoms with Gasteiger partial charge in [0.15, 0.2) is 5.44 Å². The Bertz CT molecular complexity index is 399. The molecule has 4 nitrogen and oxygen atoms in total. The van der Waals surface area contributed by atoms with Crippen molar-refractivity contribution in [3.8, 4) is 0 Å². The highest BCUT2D eigenvalue weighted by Gasteiger charge is 2.16. The van der Waals surface area contributed by atoms with E-state index in [9.17, 15) is 8.42 Å². The SMILES string of the molecule is CC(O)S(=O)(=O)Nc1ccc(Cl)cc1. The lowest BCUT2D eigenvalue weighted by atomic mass is 10.3. The van der Waals surface area contributed by atoms with Gasteiger partial charge in [0.2, 0.25) is 0 Å². The highest BCUT2D eigenvalue weighted by Crippen LogP contribution is 2.15. The van der Waals surface area contributed by atoms with E-state index in [-0.39, 0.29) is 0 Å². The van der Waals surface area contributed by atoms with Gasteiger partial charge in [0.25, 0.3) is 10.0 Å². The first-order chi connectivity index (χ1) is 6.42. The predicted molar refractivity (Wildman–Crippen MR) is 55.7 cm³/mol. The van der Waals surface area contributed by atoms with Gasteiger partial charge in [-0.05, 0) is 31.2 Å². The number of hydrogen-bond donors (Lipinski definition) is 2. The van der Waals surface area contributed by atoms with Crippen molar-refractivity contribution < 1.29 is 13.5 Å². The number of rotatable bonds is 3. The summed E-state index contributed by atoms with van der Waals surface area (Å²) in [6, 6.07) is 6.15. The summed E-state index contributed by atoms with van der Waals surface area (Å²) in [5.41, 5.74) is -1.08. The molecule has 0 fully saturated rings. The van der Waals surface area contributed by atoms with Crippen LogP contribution in [0.2, 0.25) is 5.02 Å². The highest BCUT2D eigenvalue weighted by molar-refractivity contribution is 7.93. The lowest BCUT2D eigenvalue weighted by Crippen LogP contribution is -2.24. The molecule has 1 rings (SSSR count). The van der Waals surface area contributed by atoms with Crippen LogP contribution in [0, 0.1) is 0 Å². The number of aliphatic hydroxyl groups is 1. The lowest BCUT2D eigenvalue weighted by molar-refractivity contribution is 0.269. The molecule has 14 heavy (non-hydrogen) atoms. The first-order valence-corrected chi connectivity index (χ1v) is 5.79. The molecule has 1 unspecified atom stereocenters. The molecule has 0 radical (unpaired) electrons. The largest absolute Gasteiger partial charge is 0.376 e. The van der Waals surface area contributed by atoms with Crippen LogP contribution in [-0.2, 0) is 10.0 Å². The van der Waals surface area contributed by atoms with E-state index in [1.54, 1.807) is 12.1 Å². The van der Waals surface area contributed by atoms with Crippen molar-refractivity contribution in [2.24, 2.45) is 0 Å². The maximum Gasteiger partial charge on any atom is 0.259 e. The minimum atomic E-state index is -3.70. The molecule has 1 aromatic rings. The molecule has 0 amide bonds. The van der Waals surface area contributed by atoms with Crippen LogP contribution in [0.4, 0.5) is 5.69 Å². The van der Waals surface area contributed by atoms with Gasteiger partial charge in [0.05, 0.1) is 0 Å². The van der Waals surface area contributed by atoms with Crippen molar-refractivity contribution in [2.75, 3.05) is 4.72 Å². The Morgan fingerprint density at radius 2 is 1.86 bits per heavy atom. The van der Waals surface area contributed by atoms with Crippen LogP contribution in [0.5, 0.6) is 0 Å². The molecule has 0 aromatic heterocycles. The maximum absolute atomic E-state index is 11.2. The Morgan fingerprint density at radius 1 is 1.36 bits per heavy atom. The molecule has 0 saturated heterocycles. The van der Waals surface area contributed by atoms with Crippen LogP contribution < -0.4 is 4.72 Å². The second-order valence-electron chi connectivity index (χ2n) is 2.75. The molecule has 0 aliphatic rings. The normalized spacial score (nSPS) is 13.6. The molecule has 2 N–H and O–H groups in total. The van der Waals surface area contributed by atoms with Crippen molar-refractivity contribution in [3.63, 3.8) is 0 Å². The van der Waals surface area contributed by atoms with Gasteiger partial charge in [0.1, 0.15) is 0 Å². The highest BCUT2D eigenvalue weighted by atomic mass is 35.5. The summed E-state index contributed by atoms with van der Waals surface area (Å²) in [6.07, 6.45) is 0. The van der Waals surface area contributed by atoms with Gasteiger partial charge in [-0.15, -0.1) is 0 Å². The van der Waals surface area contributed by atoms with Crippen molar-refractivity contribution >= 4 is 27.3 Å². The third-order valence-corrected chi connectivity index (χ3v) is 3.22. The molecule has 6 heteroatoms. The molecular weight excluding hydrogens is 226 g/mol. The van der Waals surface area contributed by atoms with E-state index in [2.05, 4.69) is 4.72 Å². The second kappa shape index (κ2) is 4.16. The summed E-state index contributed by atoms with van der Waals surface area (Å²) in [5.74, 6) is 0. The molecule has 0 aliphatic carbocycles. The van der Waals surface area contributed by atoms with Gasteiger partial charge in [-0.25, -0.2) is 8.42 Å². The third kappa shape index (κ3) is 2.87. The van der Waals surface area contributed by atoms with Crippen LogP contribution in [0.3, 0.4) is 0 Å². The number of nitrogens with one attached hydrogen (secondary N) is 1. The molecule has 1 atom stereocenters. The minimum absolute atomic E-state index is 0.371. The summed E-state index contributed by atoms with van der Waals surface area (Å²) in [5, 5.41) is 9.44. The van der Waals surface area contributed by atoms with E-state index in [0.717, 1.165) is 0 Å². The average Bonchev–Trinajstić information content (AvgIpc) is 2.08. The van der Waals surface area contributed by atoms with Crippen molar-refractivity contribution in [1.82, 2.24) is 0 Å². The first kappa shape index (κ1) is 11.3. The summed E-state index contributed by atoms with van der Waals surface area (Å²) in [6.45, 7) is 1.18. The number of hydrogen-bond acceptors (Lipinski definition) is 3. The standard InChI is InChI=1S/C8H10ClNO3S/c1-6(11)14(12,13)10-8-4-2-7(9)3-5-8/h2-6,10-11H,1H3. The Hall–Kier alpha value is -0.780. The second-order valence-corrected chi connectivity index (χ2v) is 5.17. The maximum atomic E-state index is 11.2. The summed E-state index contributed by atoms with van der Waals surface area (Å²) >= 11 is 5.62. The molecule has 0 spiro atoms. The summed E-state index contributed by atoms with van der Waals surface area (Å²) in [4.78, 5) is 0. The van der Waals surface area contributed by atoms with Crippen LogP contribution in [0.1, 0.15) is 6.92 Å². The zero-order chi connectivity index (χ0) is 10.8. The number of anilines is 1. The lowest BCUT2D eigenvalue weighted by Gasteiger charge is -2.09. The zero-order valence-corrected chi connectivity index (χ0v) is 9.01. The van der Waals surface area contributed by atoms with Gasteiger partial charge >= 0.3 is 0 Å². The molecule has 0 aliphatic heterocycles. The van der Waals surface area contributed by atoms with E-state index in [1.807, 2.05) is 0 Å². The number of aliphatic hydroxyl groups excluding tert-OH is 1. The third-order valence-electron chi connectivity index (χ3n) is 1.55. The first-order valence-electron chi connectivity index (χ1n) is 3.87. The monoisotopic (exact) mass is 235 g/mol. The van der Waals surface area contributed by atoms with E-state index >= 15 is 0 Å². The van der Waals surface area contributed by atoms with Crippen LogP contribution in [0.15, 0.2) is 24.3 Å². The summed E-state index contributed by atoms with van der Waals surface area (Å²) < 4.78 is 24.6. The fourth-order valence-corrected chi connectivity index (χ4v) is 1.53. The van der Waals surface area contributed by atoms with Crippen LogP contribution in [0.25, 0.3) is 0 Å². The van der Waals surface area contributed by atoms with Gasteiger partial charge < -0.3 is 5.11 Å². The topological polar surface area (TPSA) is 66.4 Å². The summed E-state index contributed by atoms with van der Waals surface area (Å²) in [7, 11) is -3.70. The fraction of sp³-hybridized carbons (Fsp3) is 0.250. The van der Waals surface area contributed by atoms with Crippen molar-refractivity contribution in [3.05, 3.63) is 29.3 Å². The van der Waals surface area contributed by atoms with Crippen molar-refractivity contribution in [1.29, 1.82) is 0 Å². The molecule has 0 bridgehead atoms. The molecule has 1 aromatic carbocycles. The van der Waals surface area contributed by atoms with Crippen LogP contribution in [-0.4, -0.2) is 19.0 Å². The average molecular weight is 236 g/mol. The van der Waals surface area contributed by atoms with Crippen LogP contribution >= 0.6 is 11.6 Å².